The van der Waals surface area contributed by atoms with Gasteiger partial charge in [-0.3, -0.25) is 0 Å². The van der Waals surface area contributed by atoms with Crippen LogP contribution in [0.1, 0.15) is 22.7 Å². The molecule has 0 fully saturated rings. The summed E-state index contributed by atoms with van der Waals surface area (Å²) in [6.45, 7) is 0. The van der Waals surface area contributed by atoms with E-state index in [9.17, 15) is 0 Å². The van der Waals surface area contributed by atoms with Crippen LogP contribution in [0.2, 0.25) is 0 Å². The van der Waals surface area contributed by atoms with Crippen molar-refractivity contribution in [2.45, 2.75) is 12.3 Å². The van der Waals surface area contributed by atoms with Crippen molar-refractivity contribution in [3.63, 3.8) is 0 Å². The number of benzene rings is 1. The second kappa shape index (κ2) is 4.53. The summed E-state index contributed by atoms with van der Waals surface area (Å²) in [6.07, 6.45) is 2.63. The lowest BCUT2D eigenvalue weighted by Crippen LogP contribution is -2.14. The van der Waals surface area contributed by atoms with Crippen LogP contribution in [-0.4, -0.2) is 15.0 Å². The van der Waals surface area contributed by atoms with E-state index in [1.807, 2.05) is 24.4 Å². The molecule has 0 saturated heterocycles. The van der Waals surface area contributed by atoms with E-state index in [0.717, 1.165) is 28.2 Å². The van der Waals surface area contributed by atoms with Crippen LogP contribution < -0.4 is 11.5 Å². The minimum atomic E-state index is 0.189. The molecule has 1 aromatic carbocycles. The molecular weight excluding hydrogens is 282 g/mol. The highest BCUT2D eigenvalue weighted by Crippen LogP contribution is 2.44. The third-order valence-electron chi connectivity index (χ3n) is 3.72. The Kier molecular flexibility index (Phi) is 2.65. The Morgan fingerprint density at radius 2 is 1.90 bits per heavy atom. The van der Waals surface area contributed by atoms with Gasteiger partial charge in [0.1, 0.15) is 0 Å². The van der Waals surface area contributed by atoms with Crippen LogP contribution >= 0.6 is 11.3 Å². The predicted molar refractivity (Wildman–Crippen MR) is 84.0 cm³/mol. The summed E-state index contributed by atoms with van der Waals surface area (Å²) < 4.78 is 0. The highest BCUT2D eigenvalue weighted by atomic mass is 32.1. The first-order valence-electron chi connectivity index (χ1n) is 6.65. The zero-order valence-corrected chi connectivity index (χ0v) is 12.0. The van der Waals surface area contributed by atoms with E-state index in [-0.39, 0.29) is 11.9 Å². The Bertz CT molecular complexity index is 812. The maximum Gasteiger partial charge on any atom is 0.220 e. The van der Waals surface area contributed by atoms with Gasteiger partial charge in [0, 0.05) is 12.1 Å². The summed E-state index contributed by atoms with van der Waals surface area (Å²) in [5.74, 6) is 0.472. The van der Waals surface area contributed by atoms with Gasteiger partial charge >= 0.3 is 0 Å². The first-order valence-corrected chi connectivity index (χ1v) is 7.47. The molecule has 3 aromatic rings. The van der Waals surface area contributed by atoms with Gasteiger partial charge in [-0.1, -0.05) is 41.7 Å². The first kappa shape index (κ1) is 12.3. The number of thiazole rings is 1. The lowest BCUT2D eigenvalue weighted by molar-refractivity contribution is 0.763. The Morgan fingerprint density at radius 1 is 1.10 bits per heavy atom. The fraction of sp³-hybridized carbons (Fsp3) is 0.133. The molecular formula is C15H13N5S. The predicted octanol–water partition coefficient (Wildman–Crippen LogP) is 2.45. The van der Waals surface area contributed by atoms with Gasteiger partial charge in [0.15, 0.2) is 5.13 Å². The molecule has 0 spiro atoms. The number of fused-ring (bicyclic) bond motifs is 3. The van der Waals surface area contributed by atoms with Gasteiger partial charge in [0.25, 0.3) is 0 Å². The minimum absolute atomic E-state index is 0.189. The molecule has 1 aliphatic carbocycles. The molecule has 21 heavy (non-hydrogen) atoms. The van der Waals surface area contributed by atoms with E-state index in [2.05, 4.69) is 27.1 Å². The standard InChI is InChI=1S/C15H13N5S/c16-14-18-7-9-6-10(8-4-2-1-3-5-8)12-13(11(9)19-14)21-15(17)20-12/h1-5,7,10H,6H2,(H2,17,20)(H2,16,18,19). The van der Waals surface area contributed by atoms with Crippen molar-refractivity contribution in [2.75, 3.05) is 11.5 Å². The molecule has 104 valence electrons. The van der Waals surface area contributed by atoms with E-state index < -0.39 is 0 Å². The second-order valence-corrected chi connectivity index (χ2v) is 6.07. The third kappa shape index (κ3) is 1.95. The van der Waals surface area contributed by atoms with Crippen LogP contribution in [0.3, 0.4) is 0 Å². The largest absolute Gasteiger partial charge is 0.375 e. The Hall–Kier alpha value is -2.47. The van der Waals surface area contributed by atoms with Crippen molar-refractivity contribution in [3.8, 4) is 10.6 Å². The van der Waals surface area contributed by atoms with Crippen molar-refractivity contribution in [1.29, 1.82) is 0 Å². The van der Waals surface area contributed by atoms with Gasteiger partial charge < -0.3 is 11.5 Å². The molecule has 1 unspecified atom stereocenters. The van der Waals surface area contributed by atoms with Crippen molar-refractivity contribution < 1.29 is 0 Å². The number of nitrogen functional groups attached to an aromatic ring is 2. The summed E-state index contributed by atoms with van der Waals surface area (Å²) in [4.78, 5) is 14.0. The zero-order chi connectivity index (χ0) is 14.4. The third-order valence-corrected chi connectivity index (χ3v) is 4.63. The van der Waals surface area contributed by atoms with Crippen LogP contribution in [0.4, 0.5) is 11.1 Å². The number of nitrogens with two attached hydrogens (primary N) is 2. The van der Waals surface area contributed by atoms with Crippen molar-refractivity contribution >= 4 is 22.4 Å². The van der Waals surface area contributed by atoms with E-state index in [1.54, 1.807) is 0 Å². The summed E-state index contributed by atoms with van der Waals surface area (Å²) in [5.41, 5.74) is 15.8. The summed E-state index contributed by atoms with van der Waals surface area (Å²) >= 11 is 1.46. The molecule has 4 rings (SSSR count). The second-order valence-electron chi connectivity index (χ2n) is 5.04. The van der Waals surface area contributed by atoms with E-state index in [4.69, 9.17) is 11.5 Å². The fourth-order valence-electron chi connectivity index (χ4n) is 2.80. The van der Waals surface area contributed by atoms with Crippen LogP contribution in [0.25, 0.3) is 10.6 Å². The molecule has 1 atom stereocenters. The molecule has 0 radical (unpaired) electrons. The van der Waals surface area contributed by atoms with Gasteiger partial charge in [-0.15, -0.1) is 0 Å². The average Bonchev–Trinajstić information content (AvgIpc) is 2.89. The highest BCUT2D eigenvalue weighted by Gasteiger charge is 2.30. The molecule has 0 amide bonds. The van der Waals surface area contributed by atoms with E-state index in [1.165, 1.54) is 16.9 Å². The molecule has 0 aliphatic heterocycles. The van der Waals surface area contributed by atoms with Crippen LogP contribution in [-0.2, 0) is 6.42 Å². The number of aromatic nitrogens is 3. The van der Waals surface area contributed by atoms with Crippen LogP contribution in [0.15, 0.2) is 36.5 Å². The molecule has 2 heterocycles. The molecule has 0 saturated carbocycles. The molecule has 2 aromatic heterocycles. The molecule has 5 nitrogen and oxygen atoms in total. The number of nitrogens with zero attached hydrogens (tertiary/aromatic N) is 3. The van der Waals surface area contributed by atoms with Crippen molar-refractivity contribution in [2.24, 2.45) is 0 Å². The van der Waals surface area contributed by atoms with Gasteiger partial charge in [-0.2, -0.15) is 0 Å². The summed E-state index contributed by atoms with van der Waals surface area (Å²) in [6, 6.07) is 10.3. The highest BCUT2D eigenvalue weighted by molar-refractivity contribution is 7.18. The number of anilines is 2. The van der Waals surface area contributed by atoms with E-state index >= 15 is 0 Å². The molecule has 1 aliphatic rings. The SMILES string of the molecule is Nc1ncc2c(n1)-c1sc(N)nc1C(c1ccccc1)C2. The van der Waals surface area contributed by atoms with Crippen LogP contribution in [0, 0.1) is 0 Å². The van der Waals surface area contributed by atoms with E-state index in [0.29, 0.717) is 5.13 Å². The Morgan fingerprint density at radius 3 is 2.71 bits per heavy atom. The number of hydrogen-bond acceptors (Lipinski definition) is 6. The van der Waals surface area contributed by atoms with Crippen LogP contribution in [0.5, 0.6) is 0 Å². The Labute approximate surface area is 125 Å². The molecule has 6 heteroatoms. The van der Waals surface area contributed by atoms with Crippen molar-refractivity contribution in [3.05, 3.63) is 53.3 Å². The van der Waals surface area contributed by atoms with Gasteiger partial charge in [-0.25, -0.2) is 15.0 Å². The fourth-order valence-corrected chi connectivity index (χ4v) is 3.72. The lowest BCUT2D eigenvalue weighted by atomic mass is 9.84. The maximum atomic E-state index is 5.93. The topological polar surface area (TPSA) is 90.7 Å². The first-order chi connectivity index (χ1) is 10.2. The number of hydrogen-bond donors (Lipinski definition) is 2. The summed E-state index contributed by atoms with van der Waals surface area (Å²) in [7, 11) is 0. The smallest absolute Gasteiger partial charge is 0.220 e. The number of rotatable bonds is 1. The normalized spacial score (nSPS) is 16.3. The maximum absolute atomic E-state index is 5.93. The van der Waals surface area contributed by atoms with Gasteiger partial charge in [0.05, 0.1) is 16.3 Å². The monoisotopic (exact) mass is 295 g/mol. The lowest BCUT2D eigenvalue weighted by Gasteiger charge is -2.23. The quantitative estimate of drug-likeness (QED) is 0.719. The van der Waals surface area contributed by atoms with Gasteiger partial charge in [-0.05, 0) is 17.5 Å². The Balaban J connectivity index is 1.93. The van der Waals surface area contributed by atoms with Gasteiger partial charge in [0.2, 0.25) is 5.95 Å². The minimum Gasteiger partial charge on any atom is -0.375 e. The molecule has 0 bridgehead atoms. The zero-order valence-electron chi connectivity index (χ0n) is 11.2. The molecule has 4 N–H and O–H groups in total. The summed E-state index contributed by atoms with van der Waals surface area (Å²) in [5, 5.41) is 0.561. The average molecular weight is 295 g/mol. The van der Waals surface area contributed by atoms with Crippen molar-refractivity contribution in [1.82, 2.24) is 15.0 Å².